The van der Waals surface area contributed by atoms with Gasteiger partial charge in [0.2, 0.25) is 0 Å². The Morgan fingerprint density at radius 2 is 2.36 bits per heavy atom. The first kappa shape index (κ1) is 10.3. The molecule has 1 heterocycles. The van der Waals surface area contributed by atoms with Gasteiger partial charge in [0, 0.05) is 5.56 Å². The monoisotopic (exact) mass is 199 g/mol. The number of carbonyl (C=O) groups is 2. The van der Waals surface area contributed by atoms with E-state index in [1.54, 1.807) is 13.0 Å². The number of carboxylic acid groups (broad SMARTS) is 1. The zero-order chi connectivity index (χ0) is 10.6. The second-order valence-corrected chi connectivity index (χ2v) is 2.55. The number of hydrogen-bond donors (Lipinski definition) is 2. The molecule has 0 saturated carbocycles. The smallest absolute Gasteiger partial charge is 0.332 e. The van der Waals surface area contributed by atoms with Crippen molar-refractivity contribution in [1.82, 2.24) is 5.48 Å². The van der Waals surface area contributed by atoms with Gasteiger partial charge in [-0.2, -0.15) is 0 Å². The lowest BCUT2D eigenvalue weighted by Crippen LogP contribution is -2.26. The third-order valence-corrected chi connectivity index (χ3v) is 1.43. The summed E-state index contributed by atoms with van der Waals surface area (Å²) < 4.78 is 4.84. The van der Waals surface area contributed by atoms with Crippen molar-refractivity contribution in [3.8, 4) is 0 Å². The maximum atomic E-state index is 11.2. The van der Waals surface area contributed by atoms with Gasteiger partial charge in [-0.25, -0.2) is 10.3 Å². The highest BCUT2D eigenvalue weighted by Crippen LogP contribution is 2.07. The minimum absolute atomic E-state index is 0.107. The first-order chi connectivity index (χ1) is 6.61. The minimum atomic E-state index is -1.17. The van der Waals surface area contributed by atoms with E-state index in [2.05, 4.69) is 4.84 Å². The summed E-state index contributed by atoms with van der Waals surface area (Å²) in [5, 5.41) is 8.21. The van der Waals surface area contributed by atoms with E-state index in [1.165, 1.54) is 6.26 Å². The van der Waals surface area contributed by atoms with E-state index in [0.29, 0.717) is 5.56 Å². The Hall–Kier alpha value is -1.82. The third-order valence-electron chi connectivity index (χ3n) is 1.43. The molecule has 2 N–H and O–H groups in total. The van der Waals surface area contributed by atoms with Crippen molar-refractivity contribution in [3.63, 3.8) is 0 Å². The molecule has 0 atom stereocenters. The zero-order valence-corrected chi connectivity index (χ0v) is 7.44. The Kier molecular flexibility index (Phi) is 3.24. The molecule has 14 heavy (non-hydrogen) atoms. The molecular formula is C8H9NO5. The molecule has 6 nitrogen and oxygen atoms in total. The van der Waals surface area contributed by atoms with Crippen LogP contribution in [0.25, 0.3) is 0 Å². The van der Waals surface area contributed by atoms with Gasteiger partial charge in [0.15, 0.2) is 12.4 Å². The number of aryl methyl sites for hydroxylation is 1. The van der Waals surface area contributed by atoms with E-state index in [9.17, 15) is 9.59 Å². The summed E-state index contributed by atoms with van der Waals surface area (Å²) in [6, 6.07) is 1.62. The van der Waals surface area contributed by atoms with E-state index in [-0.39, 0.29) is 5.76 Å². The van der Waals surface area contributed by atoms with Gasteiger partial charge in [-0.15, -0.1) is 0 Å². The number of nitrogens with one attached hydrogen (secondary N) is 1. The second-order valence-electron chi connectivity index (χ2n) is 2.55. The quantitative estimate of drug-likeness (QED) is 0.682. The maximum Gasteiger partial charge on any atom is 0.332 e. The number of furan rings is 1. The van der Waals surface area contributed by atoms with Crippen LogP contribution >= 0.6 is 0 Å². The largest absolute Gasteiger partial charge is 0.479 e. The SMILES string of the molecule is Cc1ccoc1C(=O)NOCC(=O)O. The van der Waals surface area contributed by atoms with Gasteiger partial charge in [0.05, 0.1) is 6.26 Å². The van der Waals surface area contributed by atoms with Gasteiger partial charge in [-0.3, -0.25) is 9.63 Å². The zero-order valence-electron chi connectivity index (χ0n) is 7.44. The highest BCUT2D eigenvalue weighted by molar-refractivity contribution is 5.92. The van der Waals surface area contributed by atoms with Crippen LogP contribution in [0.15, 0.2) is 16.7 Å². The Morgan fingerprint density at radius 1 is 1.64 bits per heavy atom. The van der Waals surface area contributed by atoms with Crippen LogP contribution in [0, 0.1) is 6.92 Å². The summed E-state index contributed by atoms with van der Waals surface area (Å²) in [7, 11) is 0. The predicted octanol–water partition coefficient (Wildman–Crippen LogP) is 0.334. The summed E-state index contributed by atoms with van der Waals surface area (Å²) in [4.78, 5) is 25.6. The fourth-order valence-electron chi connectivity index (χ4n) is 0.815. The molecule has 0 aliphatic carbocycles. The maximum absolute atomic E-state index is 11.2. The van der Waals surface area contributed by atoms with E-state index < -0.39 is 18.5 Å². The van der Waals surface area contributed by atoms with E-state index >= 15 is 0 Å². The van der Waals surface area contributed by atoms with Crippen molar-refractivity contribution < 1.29 is 24.0 Å². The van der Waals surface area contributed by atoms with E-state index in [4.69, 9.17) is 9.52 Å². The van der Waals surface area contributed by atoms with Crippen molar-refractivity contribution in [1.29, 1.82) is 0 Å². The summed E-state index contributed by atoms with van der Waals surface area (Å²) in [6.07, 6.45) is 1.36. The van der Waals surface area contributed by atoms with Gasteiger partial charge >= 0.3 is 11.9 Å². The van der Waals surface area contributed by atoms with Crippen LogP contribution in [0.1, 0.15) is 16.1 Å². The van der Waals surface area contributed by atoms with Gasteiger partial charge in [0.1, 0.15) is 0 Å². The van der Waals surface area contributed by atoms with E-state index in [0.717, 1.165) is 0 Å². The first-order valence-corrected chi connectivity index (χ1v) is 3.79. The number of amides is 1. The second kappa shape index (κ2) is 4.43. The van der Waals surface area contributed by atoms with Crippen molar-refractivity contribution in [2.24, 2.45) is 0 Å². The molecule has 0 aromatic carbocycles. The Balaban J connectivity index is 2.44. The molecule has 0 aliphatic rings. The Labute approximate surface area is 79.4 Å². The summed E-state index contributed by atoms with van der Waals surface area (Å²) in [6.45, 7) is 1.10. The van der Waals surface area contributed by atoms with Crippen molar-refractivity contribution in [3.05, 3.63) is 23.7 Å². The molecule has 1 aromatic rings. The topological polar surface area (TPSA) is 88.8 Å². The number of rotatable bonds is 4. The Morgan fingerprint density at radius 3 is 2.86 bits per heavy atom. The molecule has 0 aliphatic heterocycles. The highest BCUT2D eigenvalue weighted by Gasteiger charge is 2.12. The van der Waals surface area contributed by atoms with Crippen LogP contribution in [0.2, 0.25) is 0 Å². The molecule has 6 heteroatoms. The van der Waals surface area contributed by atoms with Crippen molar-refractivity contribution in [2.75, 3.05) is 6.61 Å². The number of hydrogen-bond acceptors (Lipinski definition) is 4. The van der Waals surface area contributed by atoms with Gasteiger partial charge in [0.25, 0.3) is 0 Å². The fourth-order valence-corrected chi connectivity index (χ4v) is 0.815. The average Bonchev–Trinajstić information content (AvgIpc) is 2.50. The van der Waals surface area contributed by atoms with E-state index in [1.807, 2.05) is 5.48 Å². The molecule has 0 radical (unpaired) electrons. The molecule has 0 bridgehead atoms. The van der Waals surface area contributed by atoms with Crippen LogP contribution in [-0.2, 0) is 9.63 Å². The molecule has 1 rings (SSSR count). The standard InChI is InChI=1S/C8H9NO5/c1-5-2-3-13-7(5)8(12)9-14-4-6(10)11/h2-3H,4H2,1H3,(H,9,12)(H,10,11). The Bertz CT molecular complexity index is 343. The third kappa shape index (κ3) is 2.60. The summed E-state index contributed by atoms with van der Waals surface area (Å²) in [5.74, 6) is -1.66. The molecule has 1 amide bonds. The molecule has 0 fully saturated rings. The van der Waals surface area contributed by atoms with Crippen LogP contribution < -0.4 is 5.48 Å². The molecule has 0 unspecified atom stereocenters. The lowest BCUT2D eigenvalue weighted by Gasteiger charge is -2.01. The highest BCUT2D eigenvalue weighted by atomic mass is 16.7. The number of carbonyl (C=O) groups excluding carboxylic acids is 1. The molecule has 0 saturated heterocycles. The van der Waals surface area contributed by atoms with Crippen LogP contribution in [-0.4, -0.2) is 23.6 Å². The van der Waals surface area contributed by atoms with Gasteiger partial charge in [-0.05, 0) is 13.0 Å². The lowest BCUT2D eigenvalue weighted by atomic mass is 10.3. The van der Waals surface area contributed by atoms with Crippen LogP contribution in [0.5, 0.6) is 0 Å². The molecule has 76 valence electrons. The molecule has 0 spiro atoms. The fraction of sp³-hybridized carbons (Fsp3) is 0.250. The summed E-state index contributed by atoms with van der Waals surface area (Å²) in [5.41, 5.74) is 2.60. The van der Waals surface area contributed by atoms with Crippen molar-refractivity contribution in [2.45, 2.75) is 6.92 Å². The lowest BCUT2D eigenvalue weighted by molar-refractivity contribution is -0.144. The average molecular weight is 199 g/mol. The predicted molar refractivity (Wildman–Crippen MR) is 44.5 cm³/mol. The normalized spacial score (nSPS) is 9.79. The number of hydroxylamine groups is 1. The van der Waals surface area contributed by atoms with Gasteiger partial charge in [-0.1, -0.05) is 0 Å². The van der Waals surface area contributed by atoms with Crippen LogP contribution in [0.4, 0.5) is 0 Å². The number of aliphatic carboxylic acids is 1. The van der Waals surface area contributed by atoms with Crippen LogP contribution in [0.3, 0.4) is 0 Å². The molecule has 1 aromatic heterocycles. The van der Waals surface area contributed by atoms with Gasteiger partial charge < -0.3 is 9.52 Å². The van der Waals surface area contributed by atoms with Crippen molar-refractivity contribution >= 4 is 11.9 Å². The first-order valence-electron chi connectivity index (χ1n) is 3.79. The summed E-state index contributed by atoms with van der Waals surface area (Å²) >= 11 is 0. The molecular weight excluding hydrogens is 190 g/mol. The minimum Gasteiger partial charge on any atom is -0.479 e. The number of carboxylic acids is 1.